The van der Waals surface area contributed by atoms with E-state index in [0.29, 0.717) is 61.2 Å². The number of aryl methyl sites for hydroxylation is 1. The van der Waals surface area contributed by atoms with Gasteiger partial charge in [0.2, 0.25) is 18.2 Å². The highest BCUT2D eigenvalue weighted by Crippen LogP contribution is 2.35. The smallest absolute Gasteiger partial charge is 0.329 e. The topological polar surface area (TPSA) is 190 Å². The van der Waals surface area contributed by atoms with Crippen LogP contribution in [0.5, 0.6) is 5.75 Å². The third-order valence-electron chi connectivity index (χ3n) is 13.6. The Morgan fingerprint density at radius 2 is 1.80 bits per heavy atom. The highest BCUT2D eigenvalue weighted by atomic mass is 16.5. The van der Waals surface area contributed by atoms with Crippen molar-refractivity contribution in [1.29, 1.82) is 5.26 Å². The van der Waals surface area contributed by atoms with Crippen molar-refractivity contribution in [2.75, 3.05) is 88.4 Å². The molecular formula is C46H55N13O5. The maximum Gasteiger partial charge on any atom is 0.329 e. The van der Waals surface area contributed by atoms with Gasteiger partial charge in [0, 0.05) is 102 Å². The summed E-state index contributed by atoms with van der Waals surface area (Å²) in [4.78, 5) is 64.9. The minimum atomic E-state index is -0.436. The number of piperidine rings is 2. The molecule has 5 aromatic rings. The molecule has 5 amide bonds. The Hall–Kier alpha value is -6.58. The van der Waals surface area contributed by atoms with Gasteiger partial charge in [-0.25, -0.2) is 14.3 Å². The minimum absolute atomic E-state index is 0.195. The van der Waals surface area contributed by atoms with Crippen LogP contribution in [0.15, 0.2) is 55.0 Å². The molecule has 0 saturated carbocycles. The third kappa shape index (κ3) is 8.69. The van der Waals surface area contributed by atoms with Crippen molar-refractivity contribution in [3.8, 4) is 22.9 Å². The molecule has 334 valence electrons. The fourth-order valence-corrected chi connectivity index (χ4v) is 9.97. The lowest BCUT2D eigenvalue weighted by Gasteiger charge is -2.46. The number of likely N-dealkylation sites (tertiary alicyclic amines) is 1. The quantitative estimate of drug-likeness (QED) is 0.164. The number of fused-ring (bicyclic) bond motifs is 2. The van der Waals surface area contributed by atoms with E-state index in [1.165, 1.54) is 10.5 Å². The van der Waals surface area contributed by atoms with Gasteiger partial charge in [-0.15, -0.1) is 0 Å². The van der Waals surface area contributed by atoms with Crippen LogP contribution in [0.1, 0.15) is 62.5 Å². The summed E-state index contributed by atoms with van der Waals surface area (Å²) >= 11 is 0. The van der Waals surface area contributed by atoms with Gasteiger partial charge < -0.3 is 24.8 Å². The van der Waals surface area contributed by atoms with Gasteiger partial charge in [-0.3, -0.25) is 34.2 Å². The molecule has 0 aliphatic carbocycles. The zero-order valence-corrected chi connectivity index (χ0v) is 36.5. The first-order valence-electron chi connectivity index (χ1n) is 22.4. The summed E-state index contributed by atoms with van der Waals surface area (Å²) in [7, 11) is 1.88. The zero-order valence-electron chi connectivity index (χ0n) is 36.5. The zero-order chi connectivity index (χ0) is 44.4. The molecular weight excluding hydrogens is 815 g/mol. The number of carbonyl (C=O) groups is 4. The van der Waals surface area contributed by atoms with Crippen LogP contribution in [0.4, 0.5) is 16.4 Å². The van der Waals surface area contributed by atoms with Gasteiger partial charge >= 0.3 is 6.03 Å². The summed E-state index contributed by atoms with van der Waals surface area (Å²) in [6.45, 7) is 10.4. The number of carbonyl (C=O) groups excluding carboxylic acids is 4. The van der Waals surface area contributed by atoms with Crippen molar-refractivity contribution in [1.82, 2.24) is 49.7 Å². The summed E-state index contributed by atoms with van der Waals surface area (Å²) in [5.74, 6) is 2.42. The van der Waals surface area contributed by atoms with Crippen LogP contribution in [0.25, 0.3) is 27.5 Å². The average Bonchev–Trinajstić information content (AvgIpc) is 3.88. The van der Waals surface area contributed by atoms with E-state index in [1.54, 1.807) is 21.6 Å². The summed E-state index contributed by atoms with van der Waals surface area (Å²) < 4.78 is 9.26. The molecule has 0 spiro atoms. The standard InChI is InChI=1S/C46H55N13O5/c1-3-64-36-25-38(43-35(26-47)28-50-59(43)29-36)34-5-7-40(48-27-34)56-18-12-46(13-19-56,49-31-60)30-55-20-22-57(23-21-55)42(62)11-16-54-14-8-32(9-15-54)33-4-6-37-39(24-33)53(2)52-44(37)58-17-10-41(61)51-45(58)63/h4-7,24-25,27-29,31-32H,3,8-23,30H2,1-2H3,(H,49,60)(H,51,61,63). The maximum atomic E-state index is 13.4. The van der Waals surface area contributed by atoms with Gasteiger partial charge in [0.05, 0.1) is 41.1 Å². The van der Waals surface area contributed by atoms with Gasteiger partial charge in [0.15, 0.2) is 5.82 Å². The lowest BCUT2D eigenvalue weighted by Crippen LogP contribution is -2.61. The molecule has 0 bridgehead atoms. The molecule has 18 heteroatoms. The number of anilines is 2. The van der Waals surface area contributed by atoms with Crippen molar-refractivity contribution in [2.45, 2.75) is 56.9 Å². The number of ether oxygens (including phenoxy) is 1. The maximum absolute atomic E-state index is 13.4. The molecule has 4 aromatic heterocycles. The van der Waals surface area contributed by atoms with Crippen LogP contribution >= 0.6 is 0 Å². The number of imide groups is 1. The molecule has 4 aliphatic heterocycles. The van der Waals surface area contributed by atoms with Crippen molar-refractivity contribution < 1.29 is 23.9 Å². The Balaban J connectivity index is 0.728. The summed E-state index contributed by atoms with van der Waals surface area (Å²) in [5, 5.41) is 25.2. The highest BCUT2D eigenvalue weighted by molar-refractivity contribution is 6.08. The van der Waals surface area contributed by atoms with Gasteiger partial charge in [-0.05, 0) is 87.5 Å². The van der Waals surface area contributed by atoms with Crippen LogP contribution in [-0.4, -0.2) is 147 Å². The predicted molar refractivity (Wildman–Crippen MR) is 240 cm³/mol. The largest absolute Gasteiger partial charge is 0.492 e. The number of pyridine rings is 2. The molecule has 4 fully saturated rings. The van der Waals surface area contributed by atoms with Gasteiger partial charge in [-0.2, -0.15) is 15.5 Å². The minimum Gasteiger partial charge on any atom is -0.492 e. The number of nitrogens with one attached hydrogen (secondary N) is 2. The average molecular weight is 870 g/mol. The molecule has 4 saturated heterocycles. The summed E-state index contributed by atoms with van der Waals surface area (Å²) in [6.07, 6.45) is 10.3. The first kappa shape index (κ1) is 42.7. The Morgan fingerprint density at radius 1 is 1.00 bits per heavy atom. The Morgan fingerprint density at radius 3 is 2.50 bits per heavy atom. The molecule has 4 aliphatic rings. The molecule has 8 heterocycles. The SMILES string of the molecule is CCOc1cc(-c2ccc(N3CCC(CN4CCN(C(=O)CCN5CCC(c6ccc7c(N8CCC(=O)NC8=O)nn(C)c7c6)CC5)CC4)(NC=O)CC3)nc2)c2c(C#N)cnn2c1. The van der Waals surface area contributed by atoms with Crippen LogP contribution in [0.2, 0.25) is 0 Å². The molecule has 64 heavy (non-hydrogen) atoms. The molecule has 0 atom stereocenters. The molecule has 2 N–H and O–H groups in total. The molecule has 1 aromatic carbocycles. The van der Waals surface area contributed by atoms with E-state index in [-0.39, 0.29) is 23.8 Å². The number of aromatic nitrogens is 5. The summed E-state index contributed by atoms with van der Waals surface area (Å²) in [5.41, 5.74) is 4.73. The first-order valence-corrected chi connectivity index (χ1v) is 22.4. The van der Waals surface area contributed by atoms with Crippen LogP contribution in [0.3, 0.4) is 0 Å². The van der Waals surface area contributed by atoms with Gasteiger partial charge in [-0.1, -0.05) is 6.07 Å². The Kier molecular flexibility index (Phi) is 12.2. The number of rotatable bonds is 13. The molecule has 18 nitrogen and oxygen atoms in total. The molecule has 9 rings (SSSR count). The second-order valence-corrected chi connectivity index (χ2v) is 17.4. The number of nitrogens with zero attached hydrogens (tertiary/aromatic N) is 11. The Bertz CT molecular complexity index is 2580. The number of nitriles is 1. The van der Waals surface area contributed by atoms with Crippen LogP contribution in [-0.2, 0) is 21.4 Å². The van der Waals surface area contributed by atoms with Crippen molar-refractivity contribution in [3.05, 3.63) is 66.1 Å². The Labute approximate surface area is 371 Å². The normalized spacial score (nSPS) is 18.9. The third-order valence-corrected chi connectivity index (χ3v) is 13.6. The lowest BCUT2D eigenvalue weighted by atomic mass is 9.86. The second kappa shape index (κ2) is 18.3. The van der Waals surface area contributed by atoms with E-state index < -0.39 is 6.03 Å². The van der Waals surface area contributed by atoms with E-state index in [2.05, 4.69) is 53.7 Å². The molecule has 0 radical (unpaired) electrons. The van der Waals surface area contributed by atoms with Crippen LogP contribution in [0, 0.1) is 11.3 Å². The number of hydrogen-bond donors (Lipinski definition) is 2. The van der Waals surface area contributed by atoms with Crippen molar-refractivity contribution >= 4 is 52.3 Å². The van der Waals surface area contributed by atoms with Crippen molar-refractivity contribution in [2.24, 2.45) is 7.05 Å². The van der Waals surface area contributed by atoms with Crippen LogP contribution < -0.4 is 25.2 Å². The monoisotopic (exact) mass is 869 g/mol. The second-order valence-electron chi connectivity index (χ2n) is 17.4. The van der Waals surface area contributed by atoms with E-state index in [9.17, 15) is 24.4 Å². The fraction of sp³-hybridized carbons (Fsp3) is 0.478. The van der Waals surface area contributed by atoms with E-state index in [0.717, 1.165) is 112 Å². The number of hydrogen-bond acceptors (Lipinski definition) is 12. The number of amides is 5. The number of piperazine rings is 1. The molecule has 0 unspecified atom stereocenters. The number of benzene rings is 1. The predicted octanol–water partition coefficient (Wildman–Crippen LogP) is 3.50. The van der Waals surface area contributed by atoms with E-state index in [4.69, 9.17) is 9.72 Å². The number of urea groups is 1. The van der Waals surface area contributed by atoms with Crippen molar-refractivity contribution in [3.63, 3.8) is 0 Å². The van der Waals surface area contributed by atoms with E-state index >= 15 is 0 Å². The van der Waals surface area contributed by atoms with Gasteiger partial charge in [0.1, 0.15) is 17.6 Å². The first-order chi connectivity index (χ1) is 31.1. The summed E-state index contributed by atoms with van der Waals surface area (Å²) in [6, 6.07) is 14.1. The fourth-order valence-electron chi connectivity index (χ4n) is 9.97. The van der Waals surface area contributed by atoms with Gasteiger partial charge in [0.25, 0.3) is 0 Å². The lowest BCUT2D eigenvalue weighted by molar-refractivity contribution is -0.133. The van der Waals surface area contributed by atoms with E-state index in [1.807, 2.05) is 49.3 Å². The highest BCUT2D eigenvalue weighted by Gasteiger charge is 2.38.